The Kier molecular flexibility index (Phi) is 5.97. The minimum absolute atomic E-state index is 0.209. The molecule has 4 heteroatoms. The Bertz CT molecular complexity index is 1620. The summed E-state index contributed by atoms with van der Waals surface area (Å²) in [7, 11) is 0. The van der Waals surface area contributed by atoms with E-state index in [4.69, 9.17) is 15.0 Å². The summed E-state index contributed by atoms with van der Waals surface area (Å²) in [5.41, 5.74) is 7.90. The Hall–Kier alpha value is -5.09. The van der Waals surface area contributed by atoms with Crippen molar-refractivity contribution in [2.24, 2.45) is 0 Å². The molecular formula is C33H23N3O. The predicted octanol–water partition coefficient (Wildman–Crippen LogP) is 7.91. The second-order valence-corrected chi connectivity index (χ2v) is 8.70. The molecule has 0 atom stereocenters. The number of para-hydroxylation sites is 1. The molecule has 2 aromatic heterocycles. The molecule has 37 heavy (non-hydrogen) atoms. The van der Waals surface area contributed by atoms with Crippen molar-refractivity contribution >= 4 is 0 Å². The lowest BCUT2D eigenvalue weighted by molar-refractivity contribution is 0.477. The first-order valence-electron chi connectivity index (χ1n) is 12.1. The number of phenols is 1. The molecule has 0 fully saturated rings. The molecule has 1 N–H and O–H groups in total. The normalized spacial score (nSPS) is 10.8. The van der Waals surface area contributed by atoms with Crippen molar-refractivity contribution in [2.75, 3.05) is 0 Å². The van der Waals surface area contributed by atoms with Gasteiger partial charge in [0.15, 0.2) is 5.82 Å². The molecule has 0 amide bonds. The number of aromatic hydroxyl groups is 1. The fourth-order valence-electron chi connectivity index (χ4n) is 4.34. The SMILES string of the molecule is Oc1ccccc1-c1cccc(-c2cccc(-c3nc(-c4ccccc4)cc(-c4ccccc4)n3)c2)n1. The van der Waals surface area contributed by atoms with Crippen molar-refractivity contribution in [1.82, 2.24) is 15.0 Å². The molecule has 176 valence electrons. The van der Waals surface area contributed by atoms with Crippen LogP contribution in [-0.4, -0.2) is 20.1 Å². The first-order valence-corrected chi connectivity index (χ1v) is 12.1. The van der Waals surface area contributed by atoms with E-state index in [2.05, 4.69) is 30.3 Å². The van der Waals surface area contributed by atoms with Gasteiger partial charge >= 0.3 is 0 Å². The van der Waals surface area contributed by atoms with E-state index >= 15 is 0 Å². The lowest BCUT2D eigenvalue weighted by Gasteiger charge is -2.11. The topological polar surface area (TPSA) is 58.9 Å². The Balaban J connectivity index is 1.45. The average Bonchev–Trinajstić information content (AvgIpc) is 2.98. The van der Waals surface area contributed by atoms with E-state index in [-0.39, 0.29) is 5.75 Å². The van der Waals surface area contributed by atoms with Crippen LogP contribution in [0.4, 0.5) is 0 Å². The van der Waals surface area contributed by atoms with Gasteiger partial charge in [-0.05, 0) is 36.4 Å². The van der Waals surface area contributed by atoms with Gasteiger partial charge in [0, 0.05) is 27.8 Å². The molecule has 6 aromatic rings. The largest absolute Gasteiger partial charge is 0.507 e. The van der Waals surface area contributed by atoms with Gasteiger partial charge in [0.05, 0.1) is 22.8 Å². The molecule has 0 radical (unpaired) electrons. The average molecular weight is 478 g/mol. The molecule has 0 bridgehead atoms. The number of hydrogen-bond donors (Lipinski definition) is 1. The second kappa shape index (κ2) is 9.88. The third-order valence-corrected chi connectivity index (χ3v) is 6.21. The Morgan fingerprint density at radius 1 is 0.378 bits per heavy atom. The molecule has 0 unspecified atom stereocenters. The Labute approximate surface area is 215 Å². The summed E-state index contributed by atoms with van der Waals surface area (Å²) in [6.45, 7) is 0. The highest BCUT2D eigenvalue weighted by molar-refractivity contribution is 5.75. The van der Waals surface area contributed by atoms with Crippen LogP contribution in [0.25, 0.3) is 56.4 Å². The van der Waals surface area contributed by atoms with E-state index in [9.17, 15) is 5.11 Å². The highest BCUT2D eigenvalue weighted by atomic mass is 16.3. The maximum absolute atomic E-state index is 10.3. The number of aromatic nitrogens is 3. The van der Waals surface area contributed by atoms with Gasteiger partial charge in [-0.2, -0.15) is 0 Å². The first kappa shape index (κ1) is 22.4. The number of hydrogen-bond acceptors (Lipinski definition) is 4. The Morgan fingerprint density at radius 3 is 1.59 bits per heavy atom. The fourth-order valence-corrected chi connectivity index (χ4v) is 4.34. The molecule has 0 aliphatic heterocycles. The molecule has 4 aromatic carbocycles. The highest BCUT2D eigenvalue weighted by Crippen LogP contribution is 2.31. The maximum Gasteiger partial charge on any atom is 0.160 e. The summed E-state index contributed by atoms with van der Waals surface area (Å²) >= 11 is 0. The van der Waals surface area contributed by atoms with Crippen molar-refractivity contribution in [3.05, 3.63) is 133 Å². The molecule has 0 saturated carbocycles. The van der Waals surface area contributed by atoms with E-state index in [0.29, 0.717) is 11.4 Å². The molecule has 0 aliphatic rings. The molecular weight excluding hydrogens is 454 g/mol. The van der Waals surface area contributed by atoms with Gasteiger partial charge in [-0.1, -0.05) is 97.1 Å². The van der Waals surface area contributed by atoms with Crippen LogP contribution >= 0.6 is 0 Å². The first-order chi connectivity index (χ1) is 18.2. The number of phenolic OH excluding ortho intramolecular Hbond substituents is 1. The van der Waals surface area contributed by atoms with Gasteiger partial charge in [0.2, 0.25) is 0 Å². The van der Waals surface area contributed by atoms with Crippen molar-refractivity contribution in [3.8, 4) is 62.2 Å². The van der Waals surface area contributed by atoms with E-state index < -0.39 is 0 Å². The number of rotatable bonds is 5. The summed E-state index contributed by atoms with van der Waals surface area (Å²) in [6, 6.07) is 43.5. The number of benzene rings is 4. The molecule has 0 saturated heterocycles. The smallest absolute Gasteiger partial charge is 0.160 e. The van der Waals surface area contributed by atoms with Crippen molar-refractivity contribution in [1.29, 1.82) is 0 Å². The van der Waals surface area contributed by atoms with Crippen LogP contribution in [0.2, 0.25) is 0 Å². The molecule has 0 aliphatic carbocycles. The zero-order valence-electron chi connectivity index (χ0n) is 20.0. The van der Waals surface area contributed by atoms with Crippen LogP contribution in [0.15, 0.2) is 133 Å². The lowest BCUT2D eigenvalue weighted by Crippen LogP contribution is -1.96. The van der Waals surface area contributed by atoms with Crippen LogP contribution in [0, 0.1) is 0 Å². The van der Waals surface area contributed by atoms with E-state index in [1.165, 1.54) is 0 Å². The van der Waals surface area contributed by atoms with Gasteiger partial charge in [-0.25, -0.2) is 15.0 Å². The minimum atomic E-state index is 0.209. The van der Waals surface area contributed by atoms with Gasteiger partial charge in [0.1, 0.15) is 5.75 Å². The molecule has 6 rings (SSSR count). The van der Waals surface area contributed by atoms with Crippen LogP contribution < -0.4 is 0 Å². The fraction of sp³-hybridized carbons (Fsp3) is 0. The summed E-state index contributed by atoms with van der Waals surface area (Å²) in [5, 5.41) is 10.3. The van der Waals surface area contributed by atoms with Crippen LogP contribution in [0.5, 0.6) is 5.75 Å². The zero-order chi connectivity index (χ0) is 25.0. The zero-order valence-corrected chi connectivity index (χ0v) is 20.0. The summed E-state index contributed by atoms with van der Waals surface area (Å²) < 4.78 is 0. The quantitative estimate of drug-likeness (QED) is 0.274. The second-order valence-electron chi connectivity index (χ2n) is 8.70. The monoisotopic (exact) mass is 477 g/mol. The number of nitrogens with zero attached hydrogens (tertiary/aromatic N) is 3. The third kappa shape index (κ3) is 4.73. The van der Waals surface area contributed by atoms with E-state index in [0.717, 1.165) is 45.0 Å². The molecule has 0 spiro atoms. The van der Waals surface area contributed by atoms with Crippen LogP contribution in [0.1, 0.15) is 0 Å². The van der Waals surface area contributed by atoms with E-state index in [1.807, 2.05) is 91.0 Å². The van der Waals surface area contributed by atoms with Crippen LogP contribution in [-0.2, 0) is 0 Å². The van der Waals surface area contributed by atoms with Gasteiger partial charge in [-0.15, -0.1) is 0 Å². The standard InChI is InChI=1S/C33H23N3O/c37-32-20-8-7-17-27(32)29-19-10-18-28(34-29)25-15-9-16-26(21-25)33-35-30(23-11-3-1-4-12-23)22-31(36-33)24-13-5-2-6-14-24/h1-22,37H. The third-order valence-electron chi connectivity index (χ3n) is 6.21. The van der Waals surface area contributed by atoms with Crippen LogP contribution in [0.3, 0.4) is 0 Å². The van der Waals surface area contributed by atoms with Gasteiger partial charge in [0.25, 0.3) is 0 Å². The molecule has 4 nitrogen and oxygen atoms in total. The summed E-state index contributed by atoms with van der Waals surface area (Å²) in [6.07, 6.45) is 0. The Morgan fingerprint density at radius 2 is 0.919 bits per heavy atom. The highest BCUT2D eigenvalue weighted by Gasteiger charge is 2.12. The van der Waals surface area contributed by atoms with Crippen molar-refractivity contribution in [2.45, 2.75) is 0 Å². The van der Waals surface area contributed by atoms with Crippen molar-refractivity contribution < 1.29 is 5.11 Å². The number of pyridine rings is 1. The molecule has 2 heterocycles. The van der Waals surface area contributed by atoms with Crippen molar-refractivity contribution in [3.63, 3.8) is 0 Å². The lowest BCUT2D eigenvalue weighted by atomic mass is 10.0. The predicted molar refractivity (Wildman–Crippen MR) is 149 cm³/mol. The van der Waals surface area contributed by atoms with Gasteiger partial charge in [-0.3, -0.25) is 0 Å². The summed E-state index contributed by atoms with van der Waals surface area (Å²) in [4.78, 5) is 14.7. The minimum Gasteiger partial charge on any atom is -0.507 e. The van der Waals surface area contributed by atoms with E-state index in [1.54, 1.807) is 12.1 Å². The van der Waals surface area contributed by atoms with Gasteiger partial charge < -0.3 is 5.11 Å². The summed E-state index contributed by atoms with van der Waals surface area (Å²) in [5.74, 6) is 0.861. The maximum atomic E-state index is 10.3.